The Morgan fingerprint density at radius 3 is 2.84 bits per heavy atom. The lowest BCUT2D eigenvalue weighted by Crippen LogP contribution is -2.38. The van der Waals surface area contributed by atoms with E-state index in [1.807, 2.05) is 10.6 Å². The van der Waals surface area contributed by atoms with E-state index in [2.05, 4.69) is 15.0 Å². The van der Waals surface area contributed by atoms with Crippen molar-refractivity contribution in [2.75, 3.05) is 16.6 Å². The van der Waals surface area contributed by atoms with Gasteiger partial charge in [-0.2, -0.15) is 5.26 Å². The lowest BCUT2D eigenvalue weighted by Gasteiger charge is -2.11. The van der Waals surface area contributed by atoms with Crippen LogP contribution >= 0.6 is 11.3 Å². The molecular weight excluding hydrogens is 458 g/mol. The van der Waals surface area contributed by atoms with Crippen LogP contribution in [-0.4, -0.2) is 36.4 Å². The van der Waals surface area contributed by atoms with Crippen LogP contribution in [0, 0.1) is 11.3 Å². The van der Waals surface area contributed by atoms with Gasteiger partial charge in [-0.1, -0.05) is 0 Å². The molecule has 0 aliphatic rings. The Kier molecular flexibility index (Phi) is 6.83. The first-order valence-electron chi connectivity index (χ1n) is 9.00. The molecule has 0 saturated carbocycles. The van der Waals surface area contributed by atoms with Gasteiger partial charge in [0.1, 0.15) is 35.7 Å². The summed E-state index contributed by atoms with van der Waals surface area (Å²) in [5, 5.41) is 22.8. The van der Waals surface area contributed by atoms with Crippen molar-refractivity contribution in [3.63, 3.8) is 0 Å². The summed E-state index contributed by atoms with van der Waals surface area (Å²) in [5.41, 5.74) is 6.15. The van der Waals surface area contributed by atoms with Gasteiger partial charge in [0.2, 0.25) is 6.33 Å². The van der Waals surface area contributed by atoms with Gasteiger partial charge in [-0.25, -0.2) is 22.5 Å². The van der Waals surface area contributed by atoms with Crippen molar-refractivity contribution >= 4 is 43.9 Å². The van der Waals surface area contributed by atoms with Crippen LogP contribution < -0.4 is 25.4 Å². The number of rotatable bonds is 9. The minimum atomic E-state index is -4.22. The summed E-state index contributed by atoms with van der Waals surface area (Å²) in [4.78, 5) is 26.6. The Bertz CT molecular complexity index is 1310. The smallest absolute Gasteiger partial charge is 0.266 e. The predicted octanol–water partition coefficient (Wildman–Crippen LogP) is -1.13. The molecule has 166 valence electrons. The number of thiazole rings is 1. The van der Waals surface area contributed by atoms with Crippen molar-refractivity contribution in [1.82, 2.24) is 9.55 Å². The number of carboxylic acid groups (broad SMARTS) is 1. The fourth-order valence-corrected chi connectivity index (χ4v) is 4.72. The second-order valence-corrected chi connectivity index (χ2v) is 8.94. The lowest BCUT2D eigenvalue weighted by molar-refractivity contribution is -0.683. The molecule has 32 heavy (non-hydrogen) atoms. The van der Waals surface area contributed by atoms with Crippen LogP contribution in [0.2, 0.25) is 0 Å². The normalized spacial score (nSPS) is 11.0. The monoisotopic (exact) mass is 475 g/mol. The highest BCUT2D eigenvalue weighted by Crippen LogP contribution is 2.26. The zero-order valence-electron chi connectivity index (χ0n) is 16.4. The molecule has 14 heteroatoms. The molecule has 0 atom stereocenters. The Morgan fingerprint density at radius 2 is 2.16 bits per heavy atom. The molecular formula is C18H17N7O5S2. The first-order chi connectivity index (χ1) is 15.2. The summed E-state index contributed by atoms with van der Waals surface area (Å²) in [6.07, 6.45) is 5.17. The molecule has 2 heterocycles. The second kappa shape index (κ2) is 9.56. The Balaban J connectivity index is 1.76. The average molecular weight is 476 g/mol. The number of hydrogen-bond donors (Lipinski definition) is 3. The quantitative estimate of drug-likeness (QED) is 0.324. The van der Waals surface area contributed by atoms with Crippen molar-refractivity contribution in [2.24, 2.45) is 5.73 Å². The number of carbonyl (C=O) groups is 2. The maximum absolute atomic E-state index is 12.6. The number of carbonyl (C=O) groups excluding carboxylic acids is 2. The molecule has 0 saturated heterocycles. The van der Waals surface area contributed by atoms with Crippen molar-refractivity contribution in [3.05, 3.63) is 53.7 Å². The molecule has 0 aliphatic heterocycles. The van der Waals surface area contributed by atoms with Crippen molar-refractivity contribution in [1.29, 1.82) is 5.26 Å². The highest BCUT2D eigenvalue weighted by Gasteiger charge is 2.20. The first kappa shape index (κ1) is 22.9. The Labute approximate surface area is 186 Å². The van der Waals surface area contributed by atoms with Crippen LogP contribution in [0.3, 0.4) is 0 Å². The number of carboxylic acids is 1. The number of amides is 1. The van der Waals surface area contributed by atoms with Crippen LogP contribution in [0.1, 0.15) is 16.1 Å². The predicted molar refractivity (Wildman–Crippen MR) is 111 cm³/mol. The van der Waals surface area contributed by atoms with Gasteiger partial charge >= 0.3 is 0 Å². The number of benzene rings is 1. The number of nitrogens with one attached hydrogen (secondary N) is 2. The molecule has 0 unspecified atom stereocenters. The number of aromatic carboxylic acids is 1. The second-order valence-electron chi connectivity index (χ2n) is 6.40. The van der Waals surface area contributed by atoms with Gasteiger partial charge in [-0.05, 0) is 18.2 Å². The zero-order chi connectivity index (χ0) is 23.3. The van der Waals surface area contributed by atoms with Crippen molar-refractivity contribution in [2.45, 2.75) is 18.0 Å². The average Bonchev–Trinajstić information content (AvgIpc) is 3.37. The number of nitriles is 1. The van der Waals surface area contributed by atoms with E-state index >= 15 is 0 Å². The van der Waals surface area contributed by atoms with E-state index in [9.17, 15) is 28.4 Å². The largest absolute Gasteiger partial charge is 0.543 e. The Morgan fingerprint density at radius 1 is 1.38 bits per heavy atom. The third kappa shape index (κ3) is 5.27. The van der Waals surface area contributed by atoms with Gasteiger partial charge < -0.3 is 21.0 Å². The Hall–Kier alpha value is -3.80. The lowest BCUT2D eigenvalue weighted by atomic mass is 10.2. The summed E-state index contributed by atoms with van der Waals surface area (Å²) in [6.45, 7) is 1.03. The maximum atomic E-state index is 12.6. The topological polar surface area (TPSA) is 187 Å². The summed E-state index contributed by atoms with van der Waals surface area (Å²) >= 11 is 0.771. The molecule has 0 spiro atoms. The van der Waals surface area contributed by atoms with E-state index in [4.69, 9.17) is 5.73 Å². The molecule has 0 bridgehead atoms. The fourth-order valence-electron chi connectivity index (χ4n) is 2.71. The minimum absolute atomic E-state index is 0.0264. The summed E-state index contributed by atoms with van der Waals surface area (Å²) in [7, 11) is -4.22. The van der Waals surface area contributed by atoms with Crippen LogP contribution in [0.25, 0.3) is 0 Å². The van der Waals surface area contributed by atoms with Crippen LogP contribution in [-0.2, 0) is 27.9 Å². The van der Waals surface area contributed by atoms with E-state index in [1.165, 1.54) is 12.1 Å². The number of hydrogen-bond acceptors (Lipinski definition) is 9. The van der Waals surface area contributed by atoms with Crippen molar-refractivity contribution < 1.29 is 27.7 Å². The van der Waals surface area contributed by atoms with Crippen LogP contribution in [0.4, 0.5) is 10.7 Å². The van der Waals surface area contributed by atoms with Gasteiger partial charge in [0, 0.05) is 6.54 Å². The molecule has 2 aromatic heterocycles. The third-order valence-corrected chi connectivity index (χ3v) is 6.36. The molecule has 0 aliphatic carbocycles. The number of imidazole rings is 1. The summed E-state index contributed by atoms with van der Waals surface area (Å²) < 4.78 is 30.8. The molecule has 3 aromatic rings. The SMILES string of the molecule is N#Cc1cc(S(=O)(=O)Nc2scnc2C(=O)[O-])ccc1NC(=O)C[n+]1ccn(CCN)c1. The van der Waals surface area contributed by atoms with Crippen molar-refractivity contribution in [3.8, 4) is 6.07 Å². The molecule has 4 N–H and O–H groups in total. The van der Waals surface area contributed by atoms with E-state index in [1.54, 1.807) is 23.3 Å². The van der Waals surface area contributed by atoms with E-state index < -0.39 is 27.6 Å². The molecule has 0 fully saturated rings. The van der Waals surface area contributed by atoms with E-state index in [0.717, 1.165) is 22.9 Å². The van der Waals surface area contributed by atoms with E-state index in [0.29, 0.717) is 13.1 Å². The summed E-state index contributed by atoms with van der Waals surface area (Å²) in [5.74, 6) is -2.05. The van der Waals surface area contributed by atoms with Gasteiger partial charge in [-0.3, -0.25) is 9.52 Å². The van der Waals surface area contributed by atoms with Crippen LogP contribution in [0.5, 0.6) is 0 Å². The maximum Gasteiger partial charge on any atom is 0.266 e. The van der Waals surface area contributed by atoms with Gasteiger partial charge in [-0.15, -0.1) is 11.3 Å². The molecule has 0 radical (unpaired) electrons. The minimum Gasteiger partial charge on any atom is -0.543 e. The summed E-state index contributed by atoms with van der Waals surface area (Å²) in [6, 6.07) is 5.38. The molecule has 12 nitrogen and oxygen atoms in total. The molecule has 1 aromatic carbocycles. The van der Waals surface area contributed by atoms with Crippen LogP contribution in [0.15, 0.2) is 47.3 Å². The number of aromatic nitrogens is 3. The number of nitrogens with zero attached hydrogens (tertiary/aromatic N) is 4. The molecule has 3 rings (SSSR count). The number of anilines is 2. The highest BCUT2D eigenvalue weighted by atomic mass is 32.2. The van der Waals surface area contributed by atoms with E-state index in [-0.39, 0.29) is 27.7 Å². The van der Waals surface area contributed by atoms with Gasteiger partial charge in [0.15, 0.2) is 6.54 Å². The van der Waals surface area contributed by atoms with Gasteiger partial charge in [0.25, 0.3) is 15.9 Å². The third-order valence-electron chi connectivity index (χ3n) is 4.14. The standard InChI is InChI=1S/C18H17N7O5S2/c19-3-4-24-5-6-25(11-24)9-15(26)22-14-2-1-13(7-12(14)8-20)32(29,30)23-17-16(18(27)28)21-10-31-17/h1-2,5-7,10-11,23H,3-4,9,19H2,(H-,22,26,27,28). The number of nitrogens with two attached hydrogens (primary N) is 1. The highest BCUT2D eigenvalue weighted by molar-refractivity contribution is 7.93. The molecule has 1 amide bonds. The number of sulfonamides is 1. The fraction of sp³-hybridized carbons (Fsp3) is 0.167. The zero-order valence-corrected chi connectivity index (χ0v) is 18.0. The first-order valence-corrected chi connectivity index (χ1v) is 11.4. The van der Waals surface area contributed by atoms with Gasteiger partial charge in [0.05, 0.1) is 27.6 Å².